The van der Waals surface area contributed by atoms with Crippen LogP contribution in [0, 0.1) is 13.8 Å². The zero-order chi connectivity index (χ0) is 16.3. The Kier molecular flexibility index (Phi) is 4.85. The summed E-state index contributed by atoms with van der Waals surface area (Å²) in [5, 5.41) is 9.59. The molecule has 2 rings (SSSR count). The number of hydrogen-bond acceptors (Lipinski definition) is 4. The van der Waals surface area contributed by atoms with E-state index >= 15 is 0 Å². The van der Waals surface area contributed by atoms with Crippen LogP contribution in [0.4, 0.5) is 0 Å². The molecular formula is C15H22N4O3. The topological polar surface area (TPSA) is 92.9 Å². The average molecular weight is 306 g/mol. The number of nitrogens with zero attached hydrogens (tertiary/aromatic N) is 2. The van der Waals surface area contributed by atoms with E-state index in [0.717, 1.165) is 17.0 Å². The second-order valence-electron chi connectivity index (χ2n) is 5.64. The number of rotatable bonds is 6. The lowest BCUT2D eigenvalue weighted by molar-refractivity contribution is -0.121. The number of carbonyl (C=O) groups is 1. The van der Waals surface area contributed by atoms with Crippen molar-refractivity contribution in [1.29, 1.82) is 0 Å². The van der Waals surface area contributed by atoms with Gasteiger partial charge in [0.15, 0.2) is 0 Å². The molecule has 2 aromatic rings. The lowest BCUT2D eigenvalue weighted by Crippen LogP contribution is -2.23. The summed E-state index contributed by atoms with van der Waals surface area (Å²) in [5.41, 5.74) is 2.77. The highest BCUT2D eigenvalue weighted by molar-refractivity contribution is 5.76. The summed E-state index contributed by atoms with van der Waals surface area (Å²) in [6, 6.07) is 1.65. The molecule has 0 aliphatic rings. The third kappa shape index (κ3) is 3.66. The maximum Gasteiger partial charge on any atom is 0.280 e. The summed E-state index contributed by atoms with van der Waals surface area (Å²) in [5.74, 6) is 0.403. The van der Waals surface area contributed by atoms with Gasteiger partial charge in [0.2, 0.25) is 5.91 Å². The van der Waals surface area contributed by atoms with Gasteiger partial charge in [-0.15, -0.1) is 0 Å². The molecule has 0 unspecified atom stereocenters. The Balaban J connectivity index is 1.90. The number of aryl methyl sites for hydroxylation is 2. The summed E-state index contributed by atoms with van der Waals surface area (Å²) in [6.45, 7) is 8.57. The van der Waals surface area contributed by atoms with Crippen LogP contribution in [0.25, 0.3) is 0 Å². The first kappa shape index (κ1) is 16.1. The highest BCUT2D eigenvalue weighted by Gasteiger charge is 2.14. The summed E-state index contributed by atoms with van der Waals surface area (Å²) >= 11 is 0. The summed E-state index contributed by atoms with van der Waals surface area (Å²) in [6.07, 6.45) is 0.672. The van der Waals surface area contributed by atoms with Crippen molar-refractivity contribution in [3.63, 3.8) is 0 Å². The molecule has 0 spiro atoms. The third-order valence-corrected chi connectivity index (χ3v) is 3.60. The summed E-state index contributed by atoms with van der Waals surface area (Å²) in [4.78, 5) is 22.8. The number of H-pyrrole nitrogens is 1. The van der Waals surface area contributed by atoms with Crippen LogP contribution in [0.3, 0.4) is 0 Å². The van der Waals surface area contributed by atoms with Crippen LogP contribution in [-0.4, -0.2) is 20.8 Å². The quantitative estimate of drug-likeness (QED) is 0.848. The molecule has 7 heteroatoms. The SMILES string of the molecule is Cc1nn(C(C)C)c(C)c1CNC(=O)CCc1cc(=O)[nH]o1. The van der Waals surface area contributed by atoms with E-state index in [0.29, 0.717) is 24.8 Å². The Morgan fingerprint density at radius 1 is 1.45 bits per heavy atom. The van der Waals surface area contributed by atoms with E-state index < -0.39 is 0 Å². The van der Waals surface area contributed by atoms with Gasteiger partial charge in [-0.2, -0.15) is 10.3 Å². The smallest absolute Gasteiger partial charge is 0.280 e. The second kappa shape index (κ2) is 6.64. The highest BCUT2D eigenvalue weighted by atomic mass is 16.5. The molecule has 120 valence electrons. The van der Waals surface area contributed by atoms with Gasteiger partial charge >= 0.3 is 0 Å². The molecule has 0 atom stereocenters. The summed E-state index contributed by atoms with van der Waals surface area (Å²) in [7, 11) is 0. The van der Waals surface area contributed by atoms with Gasteiger partial charge in [-0.25, -0.2) is 0 Å². The van der Waals surface area contributed by atoms with Crippen molar-refractivity contribution in [2.45, 2.75) is 53.1 Å². The Bertz CT molecular complexity index is 709. The summed E-state index contributed by atoms with van der Waals surface area (Å²) < 4.78 is 6.88. The predicted octanol–water partition coefficient (Wildman–Crippen LogP) is 1.61. The van der Waals surface area contributed by atoms with Gasteiger partial charge in [-0.1, -0.05) is 0 Å². The first-order valence-corrected chi connectivity index (χ1v) is 7.37. The molecule has 0 aliphatic carbocycles. The maximum absolute atomic E-state index is 11.9. The van der Waals surface area contributed by atoms with Gasteiger partial charge in [0.05, 0.1) is 5.69 Å². The molecule has 22 heavy (non-hydrogen) atoms. The molecule has 2 N–H and O–H groups in total. The molecule has 0 fully saturated rings. The Morgan fingerprint density at radius 3 is 2.73 bits per heavy atom. The Labute approximate surface area is 128 Å². The van der Waals surface area contributed by atoms with Crippen molar-refractivity contribution in [2.24, 2.45) is 0 Å². The van der Waals surface area contributed by atoms with Gasteiger partial charge in [0.1, 0.15) is 5.76 Å². The van der Waals surface area contributed by atoms with E-state index in [-0.39, 0.29) is 17.9 Å². The fourth-order valence-electron chi connectivity index (χ4n) is 2.41. The third-order valence-electron chi connectivity index (χ3n) is 3.60. The van der Waals surface area contributed by atoms with Gasteiger partial charge < -0.3 is 9.84 Å². The van der Waals surface area contributed by atoms with Gasteiger partial charge in [-0.3, -0.25) is 14.3 Å². The van der Waals surface area contributed by atoms with Crippen molar-refractivity contribution in [1.82, 2.24) is 20.3 Å². The molecule has 2 heterocycles. The van der Waals surface area contributed by atoms with Crippen molar-refractivity contribution < 1.29 is 9.32 Å². The van der Waals surface area contributed by atoms with E-state index in [4.69, 9.17) is 4.52 Å². The lowest BCUT2D eigenvalue weighted by Gasteiger charge is -2.09. The van der Waals surface area contributed by atoms with E-state index in [9.17, 15) is 9.59 Å². The van der Waals surface area contributed by atoms with Crippen LogP contribution >= 0.6 is 0 Å². The normalized spacial score (nSPS) is 11.1. The number of carbonyl (C=O) groups excluding carboxylic acids is 1. The molecule has 0 aromatic carbocycles. The molecule has 0 saturated heterocycles. The van der Waals surface area contributed by atoms with E-state index in [1.807, 2.05) is 18.5 Å². The minimum atomic E-state index is -0.289. The van der Waals surface area contributed by atoms with Crippen molar-refractivity contribution >= 4 is 5.91 Å². The maximum atomic E-state index is 11.9. The molecule has 1 amide bonds. The largest absolute Gasteiger partial charge is 0.384 e. The minimum Gasteiger partial charge on any atom is -0.384 e. The number of aromatic amines is 1. The Hall–Kier alpha value is -2.31. The van der Waals surface area contributed by atoms with Crippen LogP contribution in [0.1, 0.15) is 49.0 Å². The van der Waals surface area contributed by atoms with Crippen molar-refractivity contribution in [3.05, 3.63) is 39.1 Å². The monoisotopic (exact) mass is 306 g/mol. The van der Waals surface area contributed by atoms with Crippen LogP contribution < -0.4 is 10.9 Å². The zero-order valence-corrected chi connectivity index (χ0v) is 13.4. The fraction of sp³-hybridized carbons (Fsp3) is 0.533. The van der Waals surface area contributed by atoms with Gasteiger partial charge in [0.25, 0.3) is 5.56 Å². The number of aromatic nitrogens is 3. The molecule has 0 aliphatic heterocycles. The van der Waals surface area contributed by atoms with Crippen molar-refractivity contribution in [3.8, 4) is 0 Å². The highest BCUT2D eigenvalue weighted by Crippen LogP contribution is 2.16. The number of nitrogens with one attached hydrogen (secondary N) is 2. The van der Waals surface area contributed by atoms with Crippen LogP contribution in [0.15, 0.2) is 15.4 Å². The first-order valence-electron chi connectivity index (χ1n) is 7.37. The van der Waals surface area contributed by atoms with E-state index in [1.54, 1.807) is 0 Å². The number of amides is 1. The average Bonchev–Trinajstić information content (AvgIpc) is 2.99. The molecule has 2 aromatic heterocycles. The second-order valence-corrected chi connectivity index (χ2v) is 5.64. The molecule has 0 saturated carbocycles. The molecule has 0 bridgehead atoms. The first-order chi connectivity index (χ1) is 10.4. The Morgan fingerprint density at radius 2 is 2.18 bits per heavy atom. The standard InChI is InChI=1S/C15H22N4O3/c1-9(2)19-11(4)13(10(3)17-19)8-16-14(20)6-5-12-7-15(21)18-22-12/h7,9H,5-6,8H2,1-4H3,(H,16,20)(H,18,21). The molecule has 7 nitrogen and oxygen atoms in total. The van der Waals surface area contributed by atoms with Crippen LogP contribution in [0.5, 0.6) is 0 Å². The minimum absolute atomic E-state index is 0.0834. The van der Waals surface area contributed by atoms with E-state index in [1.165, 1.54) is 6.07 Å². The van der Waals surface area contributed by atoms with Crippen LogP contribution in [0.2, 0.25) is 0 Å². The molecule has 0 radical (unpaired) electrons. The molecular weight excluding hydrogens is 284 g/mol. The zero-order valence-electron chi connectivity index (χ0n) is 13.4. The van der Waals surface area contributed by atoms with E-state index in [2.05, 4.69) is 29.4 Å². The predicted molar refractivity (Wildman–Crippen MR) is 81.6 cm³/mol. The van der Waals surface area contributed by atoms with Crippen LogP contribution in [-0.2, 0) is 17.8 Å². The van der Waals surface area contributed by atoms with Gasteiger partial charge in [-0.05, 0) is 27.7 Å². The number of hydrogen-bond donors (Lipinski definition) is 2. The van der Waals surface area contributed by atoms with Crippen molar-refractivity contribution in [2.75, 3.05) is 0 Å². The lowest BCUT2D eigenvalue weighted by atomic mass is 10.2. The van der Waals surface area contributed by atoms with Gasteiger partial charge in [0, 0.05) is 42.8 Å². The fourth-order valence-corrected chi connectivity index (χ4v) is 2.41.